The number of carbonyl (C=O) groups is 1. The molecule has 0 atom stereocenters. The van der Waals surface area contributed by atoms with Crippen LogP contribution in [0.5, 0.6) is 5.75 Å². The Morgan fingerprint density at radius 1 is 1.12 bits per heavy atom. The third-order valence-electron chi connectivity index (χ3n) is 5.49. The number of amides is 1. The van der Waals surface area contributed by atoms with E-state index in [-0.39, 0.29) is 23.0 Å². The first kappa shape index (κ1) is 22.9. The second-order valence-corrected chi connectivity index (χ2v) is 11.4. The summed E-state index contributed by atoms with van der Waals surface area (Å²) in [6.07, 6.45) is 2.04. The molecule has 0 radical (unpaired) electrons. The number of benzene rings is 2. The van der Waals surface area contributed by atoms with Crippen molar-refractivity contribution < 1.29 is 17.9 Å². The summed E-state index contributed by atoms with van der Waals surface area (Å²) in [7, 11) is -1.99. The Morgan fingerprint density at radius 2 is 1.84 bits per heavy atom. The fraction of sp³-hybridized carbons (Fsp3) is 0.364. The highest BCUT2D eigenvalue weighted by Crippen LogP contribution is 2.32. The van der Waals surface area contributed by atoms with Gasteiger partial charge >= 0.3 is 0 Å². The first-order chi connectivity index (χ1) is 15.4. The molecule has 1 aromatic heterocycles. The molecule has 0 aliphatic carbocycles. The molecule has 2 aromatic carbocycles. The number of rotatable bonds is 7. The molecular weight excluding hydrogens is 466 g/mol. The van der Waals surface area contributed by atoms with Crippen LogP contribution in [-0.2, 0) is 14.6 Å². The standard InChI is InChI=1S/C22H25N3O4S3/c1-29-16-3-6-18(7-4-16)32(27,28)14-9-21(26)24-10-12-25(13-11-24)22-23-19-8-5-17(30-2)15-20(19)31-22/h3-8,15H,9-14H2,1-2H3. The third kappa shape index (κ3) is 5.02. The smallest absolute Gasteiger partial charge is 0.223 e. The van der Waals surface area contributed by atoms with Gasteiger partial charge in [-0.2, -0.15) is 0 Å². The Hall–Kier alpha value is -2.30. The van der Waals surface area contributed by atoms with Gasteiger partial charge < -0.3 is 14.5 Å². The van der Waals surface area contributed by atoms with Crippen LogP contribution < -0.4 is 9.64 Å². The number of thiazole rings is 1. The average molecular weight is 492 g/mol. The average Bonchev–Trinajstić information content (AvgIpc) is 3.26. The van der Waals surface area contributed by atoms with Gasteiger partial charge in [-0.3, -0.25) is 4.79 Å². The number of piperazine rings is 1. The monoisotopic (exact) mass is 491 g/mol. The second-order valence-electron chi connectivity index (χ2n) is 7.44. The van der Waals surface area contributed by atoms with E-state index >= 15 is 0 Å². The third-order valence-corrected chi connectivity index (χ3v) is 9.03. The quantitative estimate of drug-likeness (QED) is 0.468. The minimum absolute atomic E-state index is 0.0209. The van der Waals surface area contributed by atoms with Gasteiger partial charge in [0.1, 0.15) is 5.75 Å². The molecule has 0 N–H and O–H groups in total. The topological polar surface area (TPSA) is 79.8 Å². The lowest BCUT2D eigenvalue weighted by molar-refractivity contribution is -0.131. The molecule has 0 bridgehead atoms. The number of carbonyl (C=O) groups excluding carboxylic acids is 1. The van der Waals surface area contributed by atoms with E-state index < -0.39 is 9.84 Å². The number of hydrogen-bond donors (Lipinski definition) is 0. The summed E-state index contributed by atoms with van der Waals surface area (Å²) in [5, 5.41) is 0.965. The first-order valence-corrected chi connectivity index (χ1v) is 13.9. The predicted octanol–water partition coefficient (Wildman–Crippen LogP) is 3.54. The summed E-state index contributed by atoms with van der Waals surface area (Å²) in [4.78, 5) is 22.7. The van der Waals surface area contributed by atoms with Gasteiger partial charge in [0, 0.05) is 37.5 Å². The molecule has 1 aliphatic rings. The van der Waals surface area contributed by atoms with Gasteiger partial charge in [0.2, 0.25) is 5.91 Å². The van der Waals surface area contributed by atoms with Crippen LogP contribution in [0.2, 0.25) is 0 Å². The highest BCUT2D eigenvalue weighted by molar-refractivity contribution is 7.98. The lowest BCUT2D eigenvalue weighted by atomic mass is 10.3. The molecule has 7 nitrogen and oxygen atoms in total. The van der Waals surface area contributed by atoms with Crippen molar-refractivity contribution in [1.29, 1.82) is 0 Å². The van der Waals surface area contributed by atoms with Crippen molar-refractivity contribution in [3.05, 3.63) is 42.5 Å². The Bertz CT molecular complexity index is 1200. The molecule has 1 fully saturated rings. The first-order valence-electron chi connectivity index (χ1n) is 10.2. The Morgan fingerprint density at radius 3 is 2.50 bits per heavy atom. The summed E-state index contributed by atoms with van der Waals surface area (Å²) in [6.45, 7) is 2.50. The molecule has 3 aromatic rings. The highest BCUT2D eigenvalue weighted by atomic mass is 32.2. The highest BCUT2D eigenvalue weighted by Gasteiger charge is 2.25. The van der Waals surface area contributed by atoms with Crippen LogP contribution in [0.4, 0.5) is 5.13 Å². The van der Waals surface area contributed by atoms with E-state index in [0.717, 1.165) is 15.3 Å². The molecule has 2 heterocycles. The van der Waals surface area contributed by atoms with Gasteiger partial charge in [-0.1, -0.05) is 11.3 Å². The van der Waals surface area contributed by atoms with Crippen molar-refractivity contribution in [3.8, 4) is 5.75 Å². The zero-order valence-electron chi connectivity index (χ0n) is 18.0. The Kier molecular flexibility index (Phi) is 6.92. The van der Waals surface area contributed by atoms with E-state index in [1.807, 2.05) is 6.07 Å². The summed E-state index contributed by atoms with van der Waals surface area (Å²) in [5.41, 5.74) is 0.991. The van der Waals surface area contributed by atoms with Crippen LogP contribution in [0, 0.1) is 0 Å². The number of sulfone groups is 1. The van der Waals surface area contributed by atoms with Crippen molar-refractivity contribution >= 4 is 54.2 Å². The van der Waals surface area contributed by atoms with E-state index in [2.05, 4.69) is 23.3 Å². The van der Waals surface area contributed by atoms with Crippen LogP contribution in [0.25, 0.3) is 10.2 Å². The molecule has 0 unspecified atom stereocenters. The fourth-order valence-corrected chi connectivity index (χ4v) is 6.38. The van der Waals surface area contributed by atoms with E-state index in [4.69, 9.17) is 9.72 Å². The minimum Gasteiger partial charge on any atom is -0.497 e. The van der Waals surface area contributed by atoms with E-state index in [0.29, 0.717) is 31.9 Å². The number of anilines is 1. The molecule has 1 aliphatic heterocycles. The van der Waals surface area contributed by atoms with Gasteiger partial charge in [-0.15, -0.1) is 11.8 Å². The molecule has 10 heteroatoms. The molecule has 4 rings (SSSR count). The van der Waals surface area contributed by atoms with Crippen molar-refractivity contribution in [3.63, 3.8) is 0 Å². The number of aromatic nitrogens is 1. The lowest BCUT2D eigenvalue weighted by Crippen LogP contribution is -2.49. The molecule has 32 heavy (non-hydrogen) atoms. The minimum atomic E-state index is -3.52. The summed E-state index contributed by atoms with van der Waals surface area (Å²) < 4.78 is 31.3. The zero-order valence-corrected chi connectivity index (χ0v) is 20.4. The normalized spacial score (nSPS) is 14.7. The molecule has 1 saturated heterocycles. The summed E-state index contributed by atoms with van der Waals surface area (Å²) in [5.74, 6) is 0.264. The molecule has 0 saturated carbocycles. The van der Waals surface area contributed by atoms with Crippen molar-refractivity contribution in [2.75, 3.05) is 50.2 Å². The number of methoxy groups -OCH3 is 1. The Balaban J connectivity index is 1.32. The van der Waals surface area contributed by atoms with Gasteiger partial charge in [-0.05, 0) is 48.7 Å². The van der Waals surface area contributed by atoms with Crippen molar-refractivity contribution in [1.82, 2.24) is 9.88 Å². The van der Waals surface area contributed by atoms with E-state index in [1.54, 1.807) is 40.1 Å². The maximum Gasteiger partial charge on any atom is 0.223 e. The molecule has 1 amide bonds. The molecule has 0 spiro atoms. The SMILES string of the molecule is COc1ccc(S(=O)(=O)CCC(=O)N2CCN(c3nc4ccc(SC)cc4s3)CC2)cc1. The van der Waals surface area contributed by atoms with Crippen LogP contribution in [0.3, 0.4) is 0 Å². The lowest BCUT2D eigenvalue weighted by Gasteiger charge is -2.34. The largest absolute Gasteiger partial charge is 0.497 e. The number of fused-ring (bicyclic) bond motifs is 1. The van der Waals surface area contributed by atoms with Gasteiger partial charge in [0.05, 0.1) is 28.0 Å². The zero-order chi connectivity index (χ0) is 22.7. The second kappa shape index (κ2) is 9.68. The molecular formula is C22H25N3O4S3. The maximum atomic E-state index is 12.6. The Labute approximate surface area is 196 Å². The van der Waals surface area contributed by atoms with Gasteiger partial charge in [-0.25, -0.2) is 13.4 Å². The number of thioether (sulfide) groups is 1. The summed E-state index contributed by atoms with van der Waals surface area (Å²) >= 11 is 3.38. The number of nitrogens with zero attached hydrogens (tertiary/aromatic N) is 3. The number of ether oxygens (including phenoxy) is 1. The maximum absolute atomic E-state index is 12.6. The van der Waals surface area contributed by atoms with Crippen LogP contribution >= 0.6 is 23.1 Å². The summed E-state index contributed by atoms with van der Waals surface area (Å²) in [6, 6.07) is 12.5. The number of hydrogen-bond acceptors (Lipinski definition) is 8. The predicted molar refractivity (Wildman–Crippen MR) is 130 cm³/mol. The van der Waals surface area contributed by atoms with E-state index in [1.165, 1.54) is 24.1 Å². The van der Waals surface area contributed by atoms with Gasteiger partial charge in [0.25, 0.3) is 0 Å². The van der Waals surface area contributed by atoms with Crippen LogP contribution in [0.1, 0.15) is 6.42 Å². The van der Waals surface area contributed by atoms with Crippen molar-refractivity contribution in [2.24, 2.45) is 0 Å². The van der Waals surface area contributed by atoms with E-state index in [9.17, 15) is 13.2 Å². The van der Waals surface area contributed by atoms with Crippen LogP contribution in [-0.4, -0.2) is 69.5 Å². The fourth-order valence-electron chi connectivity index (χ4n) is 3.58. The van der Waals surface area contributed by atoms with Crippen molar-refractivity contribution in [2.45, 2.75) is 16.2 Å². The van der Waals surface area contributed by atoms with Gasteiger partial charge in [0.15, 0.2) is 15.0 Å². The molecule has 170 valence electrons. The van der Waals surface area contributed by atoms with Crippen LogP contribution in [0.15, 0.2) is 52.3 Å².